The molecule has 2 atom stereocenters. The van der Waals surface area contributed by atoms with E-state index >= 15 is 0 Å². The van der Waals surface area contributed by atoms with Crippen molar-refractivity contribution < 1.29 is 14.3 Å². The van der Waals surface area contributed by atoms with Gasteiger partial charge in [-0.2, -0.15) is 5.10 Å². The Labute approximate surface area is 168 Å². The summed E-state index contributed by atoms with van der Waals surface area (Å²) >= 11 is 0. The number of methoxy groups -OCH3 is 2. The predicted octanol–water partition coefficient (Wildman–Crippen LogP) is 4.99. The van der Waals surface area contributed by atoms with Gasteiger partial charge in [-0.15, -0.1) is 0 Å². The molecule has 0 saturated heterocycles. The standard InChI is InChI=1S/C22H33N3O3/c1-4-5-6-7-8-9-10-17-14-20(25-28-17)19-15-18(23-24-19)16-11-12-21(26-2)22(13-16)27-3/h11-13,17-18,23H,4-10,14-15H2,1-3H3. The van der Waals surface area contributed by atoms with Gasteiger partial charge in [0, 0.05) is 12.8 Å². The van der Waals surface area contributed by atoms with E-state index in [1.54, 1.807) is 14.2 Å². The van der Waals surface area contributed by atoms with E-state index in [0.29, 0.717) is 0 Å². The van der Waals surface area contributed by atoms with Gasteiger partial charge in [-0.25, -0.2) is 0 Å². The summed E-state index contributed by atoms with van der Waals surface area (Å²) in [7, 11) is 3.30. The van der Waals surface area contributed by atoms with Crippen LogP contribution in [0, 0.1) is 0 Å². The molecule has 2 heterocycles. The Hall–Kier alpha value is -2.24. The third-order valence-corrected chi connectivity index (χ3v) is 5.51. The number of unbranched alkanes of at least 4 members (excludes halogenated alkanes) is 5. The molecule has 1 aromatic rings. The Kier molecular flexibility index (Phi) is 7.57. The number of rotatable bonds is 11. The fraction of sp³-hybridized carbons (Fsp3) is 0.636. The highest BCUT2D eigenvalue weighted by atomic mass is 16.6. The molecule has 3 rings (SSSR count). The third kappa shape index (κ3) is 5.18. The van der Waals surface area contributed by atoms with E-state index in [1.165, 1.54) is 38.5 Å². The van der Waals surface area contributed by atoms with Crippen LogP contribution in [-0.4, -0.2) is 31.7 Å². The lowest BCUT2D eigenvalue weighted by atomic mass is 9.97. The fourth-order valence-corrected chi connectivity index (χ4v) is 3.79. The minimum Gasteiger partial charge on any atom is -0.493 e. The lowest BCUT2D eigenvalue weighted by Gasteiger charge is -2.13. The van der Waals surface area contributed by atoms with Gasteiger partial charge in [-0.05, 0) is 30.5 Å². The van der Waals surface area contributed by atoms with Crippen LogP contribution in [0.2, 0.25) is 0 Å². The minimum atomic E-state index is 0.120. The van der Waals surface area contributed by atoms with Gasteiger partial charge in [0.25, 0.3) is 0 Å². The van der Waals surface area contributed by atoms with E-state index in [2.05, 4.69) is 22.6 Å². The summed E-state index contributed by atoms with van der Waals surface area (Å²) < 4.78 is 10.7. The van der Waals surface area contributed by atoms with Gasteiger partial charge < -0.3 is 19.7 Å². The van der Waals surface area contributed by atoms with Crippen LogP contribution in [-0.2, 0) is 4.84 Å². The van der Waals surface area contributed by atoms with Crippen molar-refractivity contribution in [2.45, 2.75) is 76.9 Å². The molecule has 154 valence electrons. The number of hydrazone groups is 1. The summed E-state index contributed by atoms with van der Waals surface area (Å²) in [6.45, 7) is 2.25. The lowest BCUT2D eigenvalue weighted by Crippen LogP contribution is -2.15. The highest BCUT2D eigenvalue weighted by Gasteiger charge is 2.30. The summed E-state index contributed by atoms with van der Waals surface area (Å²) in [5, 5.41) is 8.84. The molecule has 6 nitrogen and oxygen atoms in total. The molecule has 0 aromatic heterocycles. The molecule has 0 amide bonds. The molecule has 0 radical (unpaired) electrons. The Balaban J connectivity index is 1.44. The molecule has 1 N–H and O–H groups in total. The Bertz CT molecular complexity index is 702. The van der Waals surface area contributed by atoms with Crippen LogP contribution in [0.5, 0.6) is 11.5 Å². The predicted molar refractivity (Wildman–Crippen MR) is 112 cm³/mol. The van der Waals surface area contributed by atoms with Crippen LogP contribution in [0.3, 0.4) is 0 Å². The van der Waals surface area contributed by atoms with E-state index in [4.69, 9.17) is 14.3 Å². The Morgan fingerprint density at radius 3 is 2.57 bits per heavy atom. The highest BCUT2D eigenvalue weighted by molar-refractivity contribution is 6.43. The van der Waals surface area contributed by atoms with Gasteiger partial charge in [0.05, 0.1) is 26.0 Å². The van der Waals surface area contributed by atoms with Crippen molar-refractivity contribution in [3.8, 4) is 11.5 Å². The number of ether oxygens (including phenoxy) is 2. The second-order valence-electron chi connectivity index (χ2n) is 7.58. The fourth-order valence-electron chi connectivity index (χ4n) is 3.79. The van der Waals surface area contributed by atoms with Gasteiger partial charge in [-0.3, -0.25) is 0 Å². The van der Waals surface area contributed by atoms with Crippen molar-refractivity contribution in [2.75, 3.05) is 14.2 Å². The summed E-state index contributed by atoms with van der Waals surface area (Å²) in [6.07, 6.45) is 10.8. The van der Waals surface area contributed by atoms with Crippen molar-refractivity contribution in [1.82, 2.24) is 5.43 Å². The first-order valence-electron chi connectivity index (χ1n) is 10.5. The lowest BCUT2D eigenvalue weighted by molar-refractivity contribution is 0.0770. The molecule has 2 aliphatic rings. The summed E-state index contributed by atoms with van der Waals surface area (Å²) in [5.41, 5.74) is 6.35. The molecule has 1 aromatic carbocycles. The molecule has 28 heavy (non-hydrogen) atoms. The van der Waals surface area contributed by atoms with Gasteiger partial charge in [0.15, 0.2) is 11.5 Å². The maximum atomic E-state index is 5.66. The number of oxime groups is 1. The molecular formula is C22H33N3O3. The van der Waals surface area contributed by atoms with E-state index < -0.39 is 0 Å². The summed E-state index contributed by atoms with van der Waals surface area (Å²) in [5.74, 6) is 1.47. The molecule has 0 spiro atoms. The van der Waals surface area contributed by atoms with Crippen LogP contribution in [0.15, 0.2) is 28.5 Å². The maximum absolute atomic E-state index is 5.66. The van der Waals surface area contributed by atoms with Crippen molar-refractivity contribution in [3.05, 3.63) is 23.8 Å². The summed E-state index contributed by atoms with van der Waals surface area (Å²) in [4.78, 5) is 5.66. The first kappa shape index (κ1) is 20.5. The van der Waals surface area contributed by atoms with E-state index in [0.717, 1.165) is 47.7 Å². The maximum Gasteiger partial charge on any atom is 0.161 e. The molecular weight excluding hydrogens is 354 g/mol. The molecule has 0 bridgehead atoms. The average molecular weight is 388 g/mol. The number of nitrogens with one attached hydrogen (secondary N) is 1. The summed E-state index contributed by atoms with van der Waals surface area (Å²) in [6, 6.07) is 6.10. The van der Waals surface area contributed by atoms with E-state index in [-0.39, 0.29) is 12.1 Å². The third-order valence-electron chi connectivity index (χ3n) is 5.51. The van der Waals surface area contributed by atoms with Gasteiger partial charge in [0.1, 0.15) is 11.8 Å². The topological polar surface area (TPSA) is 64.4 Å². The van der Waals surface area contributed by atoms with E-state index in [1.807, 2.05) is 18.2 Å². The number of hydrogen-bond donors (Lipinski definition) is 1. The zero-order valence-corrected chi connectivity index (χ0v) is 17.4. The quantitative estimate of drug-likeness (QED) is 0.543. The molecule has 0 saturated carbocycles. The zero-order valence-electron chi connectivity index (χ0n) is 17.4. The SMILES string of the molecule is CCCCCCCCC1CC(C2=NNC(c3ccc(OC)c(OC)c3)C2)=NO1. The largest absolute Gasteiger partial charge is 0.493 e. The first-order chi connectivity index (χ1) is 13.7. The van der Waals surface area contributed by atoms with Crippen molar-refractivity contribution in [1.29, 1.82) is 0 Å². The number of benzene rings is 1. The van der Waals surface area contributed by atoms with Crippen molar-refractivity contribution in [2.24, 2.45) is 10.3 Å². The molecule has 6 heteroatoms. The van der Waals surface area contributed by atoms with Gasteiger partial charge >= 0.3 is 0 Å². The Morgan fingerprint density at radius 2 is 1.79 bits per heavy atom. The second-order valence-corrected chi connectivity index (χ2v) is 7.58. The molecule has 2 aliphatic heterocycles. The van der Waals surface area contributed by atoms with Crippen LogP contribution in [0.25, 0.3) is 0 Å². The van der Waals surface area contributed by atoms with Gasteiger partial charge in [-0.1, -0.05) is 50.2 Å². The van der Waals surface area contributed by atoms with Crippen molar-refractivity contribution in [3.63, 3.8) is 0 Å². The number of hydrogen-bond acceptors (Lipinski definition) is 6. The van der Waals surface area contributed by atoms with Gasteiger partial charge in [0.2, 0.25) is 0 Å². The second kappa shape index (κ2) is 10.3. The minimum absolute atomic E-state index is 0.120. The van der Waals surface area contributed by atoms with Crippen LogP contribution in [0.1, 0.15) is 76.3 Å². The monoisotopic (exact) mass is 387 g/mol. The zero-order chi connectivity index (χ0) is 19.8. The Morgan fingerprint density at radius 1 is 1.00 bits per heavy atom. The van der Waals surface area contributed by atoms with Crippen LogP contribution >= 0.6 is 0 Å². The normalized spacial score (nSPS) is 21.0. The first-order valence-corrected chi connectivity index (χ1v) is 10.5. The van der Waals surface area contributed by atoms with Crippen LogP contribution in [0.4, 0.5) is 0 Å². The highest BCUT2D eigenvalue weighted by Crippen LogP contribution is 2.33. The smallest absolute Gasteiger partial charge is 0.161 e. The average Bonchev–Trinajstić information content (AvgIpc) is 3.39. The molecule has 0 aliphatic carbocycles. The van der Waals surface area contributed by atoms with Crippen LogP contribution < -0.4 is 14.9 Å². The van der Waals surface area contributed by atoms with Crippen molar-refractivity contribution >= 4 is 11.4 Å². The van der Waals surface area contributed by atoms with E-state index in [9.17, 15) is 0 Å². The molecule has 0 fully saturated rings. The number of nitrogens with zero attached hydrogens (tertiary/aromatic N) is 2. The molecule has 2 unspecified atom stereocenters.